The van der Waals surface area contributed by atoms with E-state index in [9.17, 15) is 19.8 Å². The normalized spacial score (nSPS) is 25.7. The summed E-state index contributed by atoms with van der Waals surface area (Å²) in [4.78, 5) is 29.1. The Bertz CT molecular complexity index is 765. The third kappa shape index (κ3) is 3.65. The quantitative estimate of drug-likeness (QED) is 0.436. The second kappa shape index (κ2) is 7.47. The summed E-state index contributed by atoms with van der Waals surface area (Å²) in [6.45, 7) is -0.434. The number of amides is 1. The molecule has 132 valence electrons. The second-order valence-electron chi connectivity index (χ2n) is 5.44. The van der Waals surface area contributed by atoms with Crippen molar-refractivity contribution in [1.29, 1.82) is 0 Å². The molecule has 1 amide bonds. The standard InChI is InChI=1S/C16H16N2O6Se/c17-14(21)9-7-25-15(18-9)13-11(20)12(10(6-19)23-13)24-16(22)8-4-2-1-3-5-8/h1-5,7,10-13,19-20H,6H2,(H2,17,21)/t10-,11-,12-,13-/m1/s1. The number of nitrogens with zero attached hydrogens (tertiary/aromatic N) is 1. The molecule has 0 bridgehead atoms. The first-order valence-corrected chi connectivity index (χ1v) is 9.31. The number of carbonyl (C=O) groups excluding carboxylic acids is 2. The van der Waals surface area contributed by atoms with Crippen molar-refractivity contribution < 1.29 is 29.3 Å². The Kier molecular flexibility index (Phi) is 5.31. The van der Waals surface area contributed by atoms with Crippen molar-refractivity contribution >= 4 is 26.4 Å². The summed E-state index contributed by atoms with van der Waals surface area (Å²) in [6, 6.07) is 8.32. The van der Waals surface area contributed by atoms with Crippen LogP contribution in [0.4, 0.5) is 0 Å². The fourth-order valence-corrected chi connectivity index (χ4v) is 4.38. The molecule has 25 heavy (non-hydrogen) atoms. The van der Waals surface area contributed by atoms with Gasteiger partial charge in [0.15, 0.2) is 0 Å². The van der Waals surface area contributed by atoms with E-state index in [2.05, 4.69) is 4.98 Å². The van der Waals surface area contributed by atoms with Crippen molar-refractivity contribution in [2.45, 2.75) is 24.4 Å². The fourth-order valence-electron chi connectivity index (χ4n) is 2.53. The van der Waals surface area contributed by atoms with Crippen LogP contribution >= 0.6 is 0 Å². The number of nitrogens with two attached hydrogens (primary N) is 1. The van der Waals surface area contributed by atoms with E-state index in [1.807, 2.05) is 0 Å². The molecule has 0 unspecified atom stereocenters. The van der Waals surface area contributed by atoms with Gasteiger partial charge in [0.05, 0.1) is 0 Å². The van der Waals surface area contributed by atoms with Crippen molar-refractivity contribution in [2.75, 3.05) is 6.61 Å². The van der Waals surface area contributed by atoms with Crippen LogP contribution in [-0.2, 0) is 9.47 Å². The van der Waals surface area contributed by atoms with Gasteiger partial charge in [-0.05, 0) is 0 Å². The van der Waals surface area contributed by atoms with Crippen LogP contribution < -0.4 is 5.73 Å². The molecule has 9 heteroatoms. The Morgan fingerprint density at radius 1 is 1.32 bits per heavy atom. The maximum absolute atomic E-state index is 12.2. The van der Waals surface area contributed by atoms with Crippen molar-refractivity contribution in [3.05, 3.63) is 51.1 Å². The van der Waals surface area contributed by atoms with Crippen LogP contribution in [-0.4, -0.2) is 66.5 Å². The summed E-state index contributed by atoms with van der Waals surface area (Å²) in [6.07, 6.45) is -3.99. The van der Waals surface area contributed by atoms with Crippen LogP contribution in [0.1, 0.15) is 31.5 Å². The van der Waals surface area contributed by atoms with Crippen molar-refractivity contribution in [1.82, 2.24) is 4.98 Å². The van der Waals surface area contributed by atoms with Gasteiger partial charge >= 0.3 is 148 Å². The first kappa shape index (κ1) is 17.8. The van der Waals surface area contributed by atoms with Gasteiger partial charge < -0.3 is 0 Å². The first-order valence-electron chi connectivity index (χ1n) is 7.47. The molecule has 0 spiro atoms. The molecule has 1 fully saturated rings. The van der Waals surface area contributed by atoms with Gasteiger partial charge in [0, 0.05) is 0 Å². The summed E-state index contributed by atoms with van der Waals surface area (Å²) < 4.78 is 11.4. The zero-order valence-electron chi connectivity index (χ0n) is 12.9. The molecule has 0 saturated carbocycles. The minimum atomic E-state index is -1.20. The number of ether oxygens (including phenoxy) is 2. The van der Waals surface area contributed by atoms with E-state index in [0.717, 1.165) is 0 Å². The topological polar surface area (TPSA) is 132 Å². The number of primary amides is 1. The molecule has 1 aromatic carbocycles. The Morgan fingerprint density at radius 3 is 2.64 bits per heavy atom. The van der Waals surface area contributed by atoms with Crippen molar-refractivity contribution in [3.63, 3.8) is 0 Å². The number of carbonyl (C=O) groups is 2. The summed E-state index contributed by atoms with van der Waals surface area (Å²) in [5.74, 6) is -1.28. The number of rotatable bonds is 5. The van der Waals surface area contributed by atoms with Gasteiger partial charge in [0.25, 0.3) is 0 Å². The Morgan fingerprint density at radius 2 is 2.04 bits per heavy atom. The van der Waals surface area contributed by atoms with Gasteiger partial charge in [-0.3, -0.25) is 0 Å². The van der Waals surface area contributed by atoms with Gasteiger partial charge in [0.2, 0.25) is 0 Å². The average molecular weight is 411 g/mol. The van der Waals surface area contributed by atoms with E-state index in [1.54, 1.807) is 35.3 Å². The van der Waals surface area contributed by atoms with E-state index in [-0.39, 0.29) is 20.2 Å². The summed E-state index contributed by atoms with van der Waals surface area (Å²) in [7, 11) is 0. The zero-order chi connectivity index (χ0) is 18.0. The first-order chi connectivity index (χ1) is 12.0. The molecule has 1 saturated heterocycles. The maximum atomic E-state index is 12.2. The zero-order valence-corrected chi connectivity index (χ0v) is 14.7. The monoisotopic (exact) mass is 412 g/mol. The van der Waals surface area contributed by atoms with Crippen molar-refractivity contribution in [2.24, 2.45) is 5.73 Å². The summed E-state index contributed by atoms with van der Waals surface area (Å²) in [5, 5.41) is 20.0. The van der Waals surface area contributed by atoms with E-state index in [0.29, 0.717) is 10.1 Å². The summed E-state index contributed by atoms with van der Waals surface area (Å²) >= 11 is -0.311. The fraction of sp³-hybridized carbons (Fsp3) is 0.312. The van der Waals surface area contributed by atoms with Crippen LogP contribution in [0.5, 0.6) is 0 Å². The van der Waals surface area contributed by atoms with Gasteiger partial charge in [-0.15, -0.1) is 0 Å². The number of esters is 1. The molecule has 3 rings (SSSR count). The minimum absolute atomic E-state index is 0.121. The summed E-state index contributed by atoms with van der Waals surface area (Å²) in [5.41, 5.74) is 5.64. The van der Waals surface area contributed by atoms with Gasteiger partial charge in [0.1, 0.15) is 0 Å². The number of aliphatic hydroxyl groups excluding tert-OH is 2. The second-order valence-corrected chi connectivity index (χ2v) is 7.31. The third-order valence-electron chi connectivity index (χ3n) is 3.78. The SMILES string of the molecule is NC(=O)c1c[se]c([C@@H]2O[C@H](CO)[C@@H](OC(=O)c3ccccc3)[C@H]2O)n1. The molecule has 4 atom stereocenters. The molecule has 8 nitrogen and oxygen atoms in total. The molecule has 1 aliphatic rings. The van der Waals surface area contributed by atoms with Crippen LogP contribution in [0.15, 0.2) is 35.3 Å². The van der Waals surface area contributed by atoms with Gasteiger partial charge in [-0.2, -0.15) is 0 Å². The molecular formula is C16H16N2O6Se. The van der Waals surface area contributed by atoms with Crippen LogP contribution in [0.2, 0.25) is 0 Å². The van der Waals surface area contributed by atoms with Crippen LogP contribution in [0.3, 0.4) is 0 Å². The van der Waals surface area contributed by atoms with Crippen molar-refractivity contribution in [3.8, 4) is 0 Å². The van der Waals surface area contributed by atoms with Crippen LogP contribution in [0, 0.1) is 0 Å². The van der Waals surface area contributed by atoms with Gasteiger partial charge in [-0.25, -0.2) is 0 Å². The van der Waals surface area contributed by atoms with Gasteiger partial charge in [-0.1, -0.05) is 0 Å². The number of benzene rings is 1. The molecular weight excluding hydrogens is 395 g/mol. The Labute approximate surface area is 148 Å². The Balaban J connectivity index is 1.77. The van der Waals surface area contributed by atoms with Crippen LogP contribution in [0.25, 0.3) is 0 Å². The third-order valence-corrected chi connectivity index (χ3v) is 5.69. The van der Waals surface area contributed by atoms with E-state index in [4.69, 9.17) is 15.2 Å². The molecule has 0 aliphatic carbocycles. The average Bonchev–Trinajstić information content (AvgIpc) is 3.21. The molecule has 1 aromatic heterocycles. The van der Waals surface area contributed by atoms with E-state index in [1.165, 1.54) is 0 Å². The molecule has 2 aromatic rings. The number of aromatic nitrogens is 1. The molecule has 1 aliphatic heterocycles. The number of hydrogen-bond acceptors (Lipinski definition) is 7. The van der Waals surface area contributed by atoms with E-state index < -0.39 is 42.9 Å². The molecule has 0 radical (unpaired) electrons. The molecule has 4 N–H and O–H groups in total. The van der Waals surface area contributed by atoms with E-state index >= 15 is 0 Å². The molecule has 2 heterocycles. The predicted octanol–water partition coefficient (Wildman–Crippen LogP) is -0.744. The predicted molar refractivity (Wildman–Crippen MR) is 86.0 cm³/mol. The number of hydrogen-bond donors (Lipinski definition) is 3. The Hall–Kier alpha value is -2.03. The number of aliphatic hydroxyl groups is 2.